The molecule has 4 aromatic rings. The number of pyridine rings is 1. The minimum absolute atomic E-state index is 0.145. The van der Waals surface area contributed by atoms with Gasteiger partial charge >= 0.3 is 0 Å². The first-order valence-electron chi connectivity index (χ1n) is 8.35. The van der Waals surface area contributed by atoms with Gasteiger partial charge in [-0.05, 0) is 36.8 Å². The molecule has 0 radical (unpaired) electrons. The van der Waals surface area contributed by atoms with Crippen LogP contribution in [0.15, 0.2) is 66.9 Å². The number of nitrogens with zero attached hydrogens (tertiary/aromatic N) is 2. The van der Waals surface area contributed by atoms with Crippen molar-refractivity contribution in [3.05, 3.63) is 83.6 Å². The molecule has 0 saturated heterocycles. The van der Waals surface area contributed by atoms with E-state index < -0.39 is 0 Å². The molecule has 0 atom stereocenters. The topological polar surface area (TPSA) is 54.9 Å². The fourth-order valence-corrected chi connectivity index (χ4v) is 3.69. The highest BCUT2D eigenvalue weighted by molar-refractivity contribution is 7.21. The quantitative estimate of drug-likeness (QED) is 0.579. The molecule has 4 rings (SSSR count). The van der Waals surface area contributed by atoms with Crippen LogP contribution in [0.25, 0.3) is 20.9 Å². The number of aromatic nitrogens is 2. The fraction of sp³-hybridized carbons (Fsp3) is 0.0952. The van der Waals surface area contributed by atoms with Gasteiger partial charge in [-0.15, -0.1) is 11.3 Å². The Balaban J connectivity index is 1.60. The second kappa shape index (κ2) is 7.06. The standard InChI is InChI=1S/C21H17N3OS/c1-14-8-10-15(11-9-14)13-23-20(25)16-5-4-12-22-19(16)21-24-17-6-2-3-7-18(17)26-21/h2-12H,13H2,1H3,(H,23,25). The van der Waals surface area contributed by atoms with Gasteiger partial charge in [-0.2, -0.15) is 0 Å². The summed E-state index contributed by atoms with van der Waals surface area (Å²) in [7, 11) is 0. The number of hydrogen-bond acceptors (Lipinski definition) is 4. The SMILES string of the molecule is Cc1ccc(CNC(=O)c2cccnc2-c2nc3ccccc3s2)cc1. The summed E-state index contributed by atoms with van der Waals surface area (Å²) < 4.78 is 1.08. The molecule has 0 aliphatic carbocycles. The largest absolute Gasteiger partial charge is 0.348 e. The highest BCUT2D eigenvalue weighted by Gasteiger charge is 2.16. The lowest BCUT2D eigenvalue weighted by Crippen LogP contribution is -2.23. The summed E-state index contributed by atoms with van der Waals surface area (Å²) in [5.41, 5.74) is 4.35. The number of thiazole rings is 1. The van der Waals surface area contributed by atoms with Crippen molar-refractivity contribution >= 4 is 27.5 Å². The first-order chi connectivity index (χ1) is 12.7. The summed E-state index contributed by atoms with van der Waals surface area (Å²) >= 11 is 1.54. The molecule has 0 spiro atoms. The number of para-hydroxylation sites is 1. The third-order valence-electron chi connectivity index (χ3n) is 4.12. The molecule has 2 aromatic carbocycles. The van der Waals surface area contributed by atoms with E-state index >= 15 is 0 Å². The molecule has 2 aromatic heterocycles. The van der Waals surface area contributed by atoms with Crippen LogP contribution in [0, 0.1) is 6.92 Å². The van der Waals surface area contributed by atoms with Gasteiger partial charge in [0.15, 0.2) is 0 Å². The van der Waals surface area contributed by atoms with Crippen molar-refractivity contribution in [2.45, 2.75) is 13.5 Å². The summed E-state index contributed by atoms with van der Waals surface area (Å²) in [5, 5.41) is 3.73. The summed E-state index contributed by atoms with van der Waals surface area (Å²) in [6.45, 7) is 2.52. The van der Waals surface area contributed by atoms with Crippen LogP contribution < -0.4 is 5.32 Å². The van der Waals surface area contributed by atoms with E-state index in [1.807, 2.05) is 55.5 Å². The molecule has 0 bridgehead atoms. The van der Waals surface area contributed by atoms with Crippen molar-refractivity contribution < 1.29 is 4.79 Å². The second-order valence-corrected chi connectivity index (χ2v) is 7.09. The zero-order valence-corrected chi connectivity index (χ0v) is 15.1. The Kier molecular flexibility index (Phi) is 4.46. The summed E-state index contributed by atoms with van der Waals surface area (Å²) in [5.74, 6) is -0.145. The van der Waals surface area contributed by atoms with Gasteiger partial charge < -0.3 is 5.32 Å². The smallest absolute Gasteiger partial charge is 0.253 e. The van der Waals surface area contributed by atoms with Gasteiger partial charge in [-0.3, -0.25) is 9.78 Å². The number of aryl methyl sites for hydroxylation is 1. The van der Waals surface area contributed by atoms with E-state index in [4.69, 9.17) is 0 Å². The zero-order valence-electron chi connectivity index (χ0n) is 14.3. The minimum Gasteiger partial charge on any atom is -0.348 e. The lowest BCUT2D eigenvalue weighted by molar-refractivity contribution is 0.0951. The lowest BCUT2D eigenvalue weighted by atomic mass is 10.1. The number of amides is 1. The Morgan fingerprint density at radius 3 is 2.65 bits per heavy atom. The van der Waals surface area contributed by atoms with Crippen LogP contribution in [0.4, 0.5) is 0 Å². The van der Waals surface area contributed by atoms with E-state index in [0.29, 0.717) is 17.8 Å². The highest BCUT2D eigenvalue weighted by atomic mass is 32.1. The summed E-state index contributed by atoms with van der Waals surface area (Å²) in [4.78, 5) is 21.8. The Morgan fingerprint density at radius 2 is 1.85 bits per heavy atom. The van der Waals surface area contributed by atoms with Crippen molar-refractivity contribution in [1.82, 2.24) is 15.3 Å². The molecule has 1 N–H and O–H groups in total. The predicted octanol–water partition coefficient (Wildman–Crippen LogP) is 4.60. The van der Waals surface area contributed by atoms with Gasteiger partial charge in [0.05, 0.1) is 15.8 Å². The van der Waals surface area contributed by atoms with Gasteiger partial charge in [0, 0.05) is 12.7 Å². The molecule has 0 fully saturated rings. The van der Waals surface area contributed by atoms with Crippen molar-refractivity contribution in [2.24, 2.45) is 0 Å². The monoisotopic (exact) mass is 359 g/mol. The number of hydrogen-bond donors (Lipinski definition) is 1. The van der Waals surface area contributed by atoms with E-state index in [2.05, 4.69) is 15.3 Å². The third-order valence-corrected chi connectivity index (χ3v) is 5.17. The lowest BCUT2D eigenvalue weighted by Gasteiger charge is -2.08. The maximum Gasteiger partial charge on any atom is 0.253 e. The number of carbonyl (C=O) groups excluding carboxylic acids is 1. The van der Waals surface area contributed by atoms with Gasteiger partial charge in [0.1, 0.15) is 10.7 Å². The normalized spacial score (nSPS) is 10.8. The molecule has 0 unspecified atom stereocenters. The first kappa shape index (κ1) is 16.4. The molecule has 128 valence electrons. The van der Waals surface area contributed by atoms with E-state index in [-0.39, 0.29) is 5.91 Å². The van der Waals surface area contributed by atoms with Crippen molar-refractivity contribution in [2.75, 3.05) is 0 Å². The summed E-state index contributed by atoms with van der Waals surface area (Å²) in [6.07, 6.45) is 1.69. The molecule has 26 heavy (non-hydrogen) atoms. The van der Waals surface area contributed by atoms with Gasteiger partial charge in [0.2, 0.25) is 0 Å². The first-order valence-corrected chi connectivity index (χ1v) is 9.17. The van der Waals surface area contributed by atoms with E-state index in [0.717, 1.165) is 20.8 Å². The van der Waals surface area contributed by atoms with E-state index in [1.54, 1.807) is 29.7 Å². The number of carbonyl (C=O) groups is 1. The third kappa shape index (κ3) is 3.34. The van der Waals surface area contributed by atoms with Crippen molar-refractivity contribution in [3.63, 3.8) is 0 Å². The van der Waals surface area contributed by atoms with Crippen LogP contribution >= 0.6 is 11.3 Å². The fourth-order valence-electron chi connectivity index (χ4n) is 2.72. The van der Waals surface area contributed by atoms with Gasteiger partial charge in [-0.25, -0.2) is 4.98 Å². The molecule has 1 amide bonds. The van der Waals surface area contributed by atoms with Crippen LogP contribution in [-0.4, -0.2) is 15.9 Å². The molecule has 0 saturated carbocycles. The molecular formula is C21H17N3OS. The molecule has 4 nitrogen and oxygen atoms in total. The average Bonchev–Trinajstić information content (AvgIpc) is 3.11. The molecular weight excluding hydrogens is 342 g/mol. The Bertz CT molecular complexity index is 1040. The zero-order chi connectivity index (χ0) is 17.9. The highest BCUT2D eigenvalue weighted by Crippen LogP contribution is 2.30. The summed E-state index contributed by atoms with van der Waals surface area (Å²) in [6, 6.07) is 19.6. The Labute approximate surface area is 155 Å². The maximum atomic E-state index is 12.7. The molecule has 5 heteroatoms. The van der Waals surface area contributed by atoms with E-state index in [9.17, 15) is 4.79 Å². The predicted molar refractivity (Wildman–Crippen MR) is 105 cm³/mol. The van der Waals surface area contributed by atoms with Crippen LogP contribution in [-0.2, 0) is 6.54 Å². The van der Waals surface area contributed by atoms with Gasteiger partial charge in [0.25, 0.3) is 5.91 Å². The number of benzene rings is 2. The molecule has 0 aliphatic heterocycles. The average molecular weight is 359 g/mol. The van der Waals surface area contributed by atoms with E-state index in [1.165, 1.54) is 5.56 Å². The van der Waals surface area contributed by atoms with Crippen LogP contribution in [0.1, 0.15) is 21.5 Å². The number of nitrogens with one attached hydrogen (secondary N) is 1. The number of rotatable bonds is 4. The van der Waals surface area contributed by atoms with Gasteiger partial charge in [-0.1, -0.05) is 42.0 Å². The second-order valence-electron chi connectivity index (χ2n) is 6.05. The maximum absolute atomic E-state index is 12.7. The Hall–Kier alpha value is -3.05. The Morgan fingerprint density at radius 1 is 1.04 bits per heavy atom. The van der Waals surface area contributed by atoms with Crippen LogP contribution in [0.3, 0.4) is 0 Å². The molecule has 2 heterocycles. The number of fused-ring (bicyclic) bond motifs is 1. The molecule has 0 aliphatic rings. The van der Waals surface area contributed by atoms with Crippen LogP contribution in [0.5, 0.6) is 0 Å². The van der Waals surface area contributed by atoms with Crippen molar-refractivity contribution in [1.29, 1.82) is 0 Å². The van der Waals surface area contributed by atoms with Crippen molar-refractivity contribution in [3.8, 4) is 10.7 Å². The van der Waals surface area contributed by atoms with Crippen LogP contribution in [0.2, 0.25) is 0 Å². The minimum atomic E-state index is -0.145.